The van der Waals surface area contributed by atoms with Gasteiger partial charge in [-0.2, -0.15) is 0 Å². The summed E-state index contributed by atoms with van der Waals surface area (Å²) in [5.41, 5.74) is 0.720. The van der Waals surface area contributed by atoms with Gasteiger partial charge in [0.2, 0.25) is 0 Å². The summed E-state index contributed by atoms with van der Waals surface area (Å²) in [5, 5.41) is 0.293. The first-order chi connectivity index (χ1) is 6.79. The molecule has 1 aromatic rings. The van der Waals surface area contributed by atoms with E-state index < -0.39 is 5.60 Å². The first-order valence-corrected chi connectivity index (χ1v) is 5.03. The molecule has 0 saturated heterocycles. The average Bonchev–Trinajstić information content (AvgIpc) is 2.06. The van der Waals surface area contributed by atoms with Crippen LogP contribution in [0.3, 0.4) is 0 Å². The molecule has 0 radical (unpaired) electrons. The predicted octanol–water partition coefficient (Wildman–Crippen LogP) is 3.00. The Labute approximate surface area is 94.4 Å². The van der Waals surface area contributed by atoms with E-state index in [4.69, 9.17) is 16.3 Å². The Bertz CT molecular complexity index is 383. The molecule has 0 bridgehead atoms. The minimum absolute atomic E-state index is 0.293. The number of rotatable bonds is 1. The van der Waals surface area contributed by atoms with Crippen molar-refractivity contribution in [3.63, 3.8) is 0 Å². The van der Waals surface area contributed by atoms with Gasteiger partial charge in [0.15, 0.2) is 0 Å². The fourth-order valence-electron chi connectivity index (χ4n) is 1.05. The van der Waals surface area contributed by atoms with Crippen LogP contribution in [0, 0.1) is 6.92 Å². The van der Waals surface area contributed by atoms with Gasteiger partial charge in [-0.1, -0.05) is 11.6 Å². The van der Waals surface area contributed by atoms with Crippen LogP contribution in [0.4, 0.5) is 0 Å². The second-order valence-corrected chi connectivity index (χ2v) is 4.71. The standard InChI is InChI=1S/C11H14ClNO2/c1-7-6-13-9(12)5-8(7)10(14)15-11(2,3)4/h5-6H,1-4H3. The number of nitrogens with zero attached hydrogens (tertiary/aromatic N) is 1. The minimum Gasteiger partial charge on any atom is -0.456 e. The van der Waals surface area contributed by atoms with Crippen LogP contribution in [0.15, 0.2) is 12.3 Å². The zero-order chi connectivity index (χ0) is 11.6. The van der Waals surface area contributed by atoms with Crippen molar-refractivity contribution in [2.75, 3.05) is 0 Å². The summed E-state index contributed by atoms with van der Waals surface area (Å²) in [6, 6.07) is 1.52. The smallest absolute Gasteiger partial charge is 0.339 e. The molecule has 1 aromatic heterocycles. The van der Waals surface area contributed by atoms with Crippen molar-refractivity contribution < 1.29 is 9.53 Å². The zero-order valence-electron chi connectivity index (χ0n) is 9.30. The van der Waals surface area contributed by atoms with Gasteiger partial charge in [0, 0.05) is 6.20 Å². The highest BCUT2D eigenvalue weighted by Gasteiger charge is 2.19. The second kappa shape index (κ2) is 4.19. The molecule has 0 aliphatic heterocycles. The molecule has 0 aliphatic rings. The number of pyridine rings is 1. The van der Waals surface area contributed by atoms with Crippen LogP contribution in [-0.2, 0) is 4.74 Å². The van der Waals surface area contributed by atoms with Crippen LogP contribution in [-0.4, -0.2) is 16.6 Å². The predicted molar refractivity (Wildman–Crippen MR) is 59.2 cm³/mol. The van der Waals surface area contributed by atoms with Gasteiger partial charge >= 0.3 is 5.97 Å². The normalized spacial score (nSPS) is 11.3. The Morgan fingerprint density at radius 3 is 2.60 bits per heavy atom. The molecule has 82 valence electrons. The molecule has 0 atom stereocenters. The molecule has 0 amide bonds. The number of hydrogen-bond acceptors (Lipinski definition) is 3. The third-order valence-electron chi connectivity index (χ3n) is 1.69. The minimum atomic E-state index is -0.501. The highest BCUT2D eigenvalue weighted by atomic mass is 35.5. The van der Waals surface area contributed by atoms with Crippen LogP contribution in [0.1, 0.15) is 36.7 Å². The van der Waals surface area contributed by atoms with E-state index in [2.05, 4.69) is 4.98 Å². The molecule has 0 unspecified atom stereocenters. The lowest BCUT2D eigenvalue weighted by molar-refractivity contribution is 0.00686. The Kier molecular flexibility index (Phi) is 3.35. The first kappa shape index (κ1) is 12.0. The number of halogens is 1. The quantitative estimate of drug-likeness (QED) is 0.547. The second-order valence-electron chi connectivity index (χ2n) is 4.32. The van der Waals surface area contributed by atoms with E-state index in [1.54, 1.807) is 13.1 Å². The number of carbonyl (C=O) groups is 1. The molecule has 0 saturated carbocycles. The Morgan fingerprint density at radius 2 is 2.07 bits per heavy atom. The van der Waals surface area contributed by atoms with E-state index in [1.807, 2.05) is 20.8 Å². The number of hydrogen-bond donors (Lipinski definition) is 0. The third kappa shape index (κ3) is 3.51. The maximum absolute atomic E-state index is 11.7. The van der Waals surface area contributed by atoms with Gasteiger partial charge in [0.25, 0.3) is 0 Å². The Hall–Kier alpha value is -1.09. The van der Waals surface area contributed by atoms with Crippen molar-refractivity contribution in [1.29, 1.82) is 0 Å². The lowest BCUT2D eigenvalue weighted by Crippen LogP contribution is -2.24. The van der Waals surface area contributed by atoms with Crippen molar-refractivity contribution >= 4 is 17.6 Å². The van der Waals surface area contributed by atoms with E-state index in [-0.39, 0.29) is 5.97 Å². The van der Waals surface area contributed by atoms with Gasteiger partial charge in [-0.3, -0.25) is 0 Å². The van der Waals surface area contributed by atoms with E-state index in [0.717, 1.165) is 5.56 Å². The molecule has 1 heterocycles. The molecular formula is C11H14ClNO2. The van der Waals surface area contributed by atoms with Gasteiger partial charge in [0.1, 0.15) is 10.8 Å². The summed E-state index contributed by atoms with van der Waals surface area (Å²) in [5.74, 6) is -0.371. The summed E-state index contributed by atoms with van der Waals surface area (Å²) < 4.78 is 5.23. The summed E-state index contributed by atoms with van der Waals surface area (Å²) in [4.78, 5) is 15.6. The van der Waals surface area contributed by atoms with Crippen molar-refractivity contribution in [1.82, 2.24) is 4.98 Å². The van der Waals surface area contributed by atoms with Gasteiger partial charge < -0.3 is 4.74 Å². The monoisotopic (exact) mass is 227 g/mol. The molecule has 3 nitrogen and oxygen atoms in total. The van der Waals surface area contributed by atoms with Crippen LogP contribution in [0.5, 0.6) is 0 Å². The van der Waals surface area contributed by atoms with Gasteiger partial charge in [-0.15, -0.1) is 0 Å². The molecule has 0 spiro atoms. The van der Waals surface area contributed by atoms with Crippen LogP contribution >= 0.6 is 11.6 Å². The Balaban J connectivity index is 2.96. The van der Waals surface area contributed by atoms with Crippen LogP contribution < -0.4 is 0 Å². The number of aryl methyl sites for hydroxylation is 1. The van der Waals surface area contributed by atoms with E-state index in [0.29, 0.717) is 10.7 Å². The van der Waals surface area contributed by atoms with Crippen molar-refractivity contribution in [3.05, 3.63) is 28.5 Å². The number of carbonyl (C=O) groups excluding carboxylic acids is 1. The molecule has 1 rings (SSSR count). The summed E-state index contributed by atoms with van der Waals surface area (Å²) in [6.45, 7) is 7.26. The largest absolute Gasteiger partial charge is 0.456 e. The Morgan fingerprint density at radius 1 is 1.47 bits per heavy atom. The van der Waals surface area contributed by atoms with E-state index >= 15 is 0 Å². The number of esters is 1. The van der Waals surface area contributed by atoms with E-state index in [9.17, 15) is 4.79 Å². The molecule has 0 N–H and O–H groups in total. The van der Waals surface area contributed by atoms with Crippen molar-refractivity contribution in [2.45, 2.75) is 33.3 Å². The molecular weight excluding hydrogens is 214 g/mol. The van der Waals surface area contributed by atoms with Gasteiger partial charge in [-0.25, -0.2) is 9.78 Å². The van der Waals surface area contributed by atoms with E-state index in [1.165, 1.54) is 6.07 Å². The fourth-order valence-corrected chi connectivity index (χ4v) is 1.21. The van der Waals surface area contributed by atoms with Crippen LogP contribution in [0.2, 0.25) is 5.15 Å². The number of aromatic nitrogens is 1. The molecule has 4 heteroatoms. The average molecular weight is 228 g/mol. The van der Waals surface area contributed by atoms with Crippen LogP contribution in [0.25, 0.3) is 0 Å². The zero-order valence-corrected chi connectivity index (χ0v) is 10.1. The highest BCUT2D eigenvalue weighted by Crippen LogP contribution is 2.17. The molecule has 0 aliphatic carbocycles. The number of ether oxygens (including phenoxy) is 1. The van der Waals surface area contributed by atoms with Crippen molar-refractivity contribution in [2.24, 2.45) is 0 Å². The maximum Gasteiger partial charge on any atom is 0.339 e. The molecule has 0 aromatic carbocycles. The first-order valence-electron chi connectivity index (χ1n) is 4.65. The summed E-state index contributed by atoms with van der Waals surface area (Å²) in [7, 11) is 0. The maximum atomic E-state index is 11.7. The van der Waals surface area contributed by atoms with Gasteiger partial charge in [0.05, 0.1) is 5.56 Å². The summed E-state index contributed by atoms with van der Waals surface area (Å²) >= 11 is 5.71. The topological polar surface area (TPSA) is 39.2 Å². The van der Waals surface area contributed by atoms with Gasteiger partial charge in [-0.05, 0) is 39.3 Å². The lowest BCUT2D eigenvalue weighted by Gasteiger charge is -2.20. The SMILES string of the molecule is Cc1cnc(Cl)cc1C(=O)OC(C)(C)C. The summed E-state index contributed by atoms with van der Waals surface area (Å²) in [6.07, 6.45) is 1.56. The molecule has 15 heavy (non-hydrogen) atoms. The lowest BCUT2D eigenvalue weighted by atomic mass is 10.1. The van der Waals surface area contributed by atoms with Crippen molar-refractivity contribution in [3.8, 4) is 0 Å². The highest BCUT2D eigenvalue weighted by molar-refractivity contribution is 6.29. The fraction of sp³-hybridized carbons (Fsp3) is 0.455. The molecule has 0 fully saturated rings. The third-order valence-corrected chi connectivity index (χ3v) is 1.90.